The molecule has 1 aliphatic heterocycles. The number of carbonyl (C=O) groups is 1. The lowest BCUT2D eigenvalue weighted by Gasteiger charge is -2.30. The van der Waals surface area contributed by atoms with Gasteiger partial charge in [0.15, 0.2) is 5.15 Å². The number of rotatable bonds is 6. The fraction of sp³-hybridized carbons (Fsp3) is 0.500. The Balaban J connectivity index is 1.07. The van der Waals surface area contributed by atoms with Crippen LogP contribution in [0.3, 0.4) is 0 Å². The number of aromatic nitrogens is 4. The van der Waals surface area contributed by atoms with Gasteiger partial charge in [0.25, 0.3) is 5.91 Å². The number of piperidine rings is 1. The van der Waals surface area contributed by atoms with E-state index in [0.29, 0.717) is 34.5 Å². The van der Waals surface area contributed by atoms with Gasteiger partial charge < -0.3 is 15.5 Å². The second kappa shape index (κ2) is 10.7. The highest BCUT2D eigenvalue weighted by atomic mass is 35.5. The smallest absolute Gasteiger partial charge is 0.256 e. The number of anilines is 2. The number of halogens is 1. The third-order valence-electron chi connectivity index (χ3n) is 7.28. The van der Waals surface area contributed by atoms with Crippen LogP contribution in [0.1, 0.15) is 55.8 Å². The second-order valence-electron chi connectivity index (χ2n) is 9.88. The van der Waals surface area contributed by atoms with Gasteiger partial charge in [-0.2, -0.15) is 0 Å². The molecule has 0 aromatic carbocycles. The van der Waals surface area contributed by atoms with Gasteiger partial charge in [0.05, 0.1) is 5.56 Å². The average molecular weight is 494 g/mol. The zero-order chi connectivity index (χ0) is 24.2. The highest BCUT2D eigenvalue weighted by Gasteiger charge is 2.23. The summed E-state index contributed by atoms with van der Waals surface area (Å²) in [6.07, 6.45) is 11.5. The lowest BCUT2D eigenvalue weighted by molar-refractivity contribution is 0.0696. The lowest BCUT2D eigenvalue weighted by Crippen LogP contribution is -2.38. The Hall–Kier alpha value is -3.00. The first-order valence-corrected chi connectivity index (χ1v) is 13.0. The summed E-state index contributed by atoms with van der Waals surface area (Å²) in [5, 5.41) is 8.34. The summed E-state index contributed by atoms with van der Waals surface area (Å²) < 4.78 is 0. The summed E-state index contributed by atoms with van der Waals surface area (Å²) in [5.74, 6) is 2.72. The maximum Gasteiger partial charge on any atom is 0.256 e. The van der Waals surface area contributed by atoms with E-state index in [1.165, 1.54) is 0 Å². The van der Waals surface area contributed by atoms with Crippen LogP contribution in [-0.2, 0) is 0 Å². The Labute approximate surface area is 210 Å². The average Bonchev–Trinajstić information content (AvgIpc) is 2.89. The van der Waals surface area contributed by atoms with E-state index in [-0.39, 0.29) is 5.91 Å². The van der Waals surface area contributed by atoms with E-state index in [0.717, 1.165) is 74.9 Å². The van der Waals surface area contributed by atoms with Gasteiger partial charge in [-0.15, -0.1) is 0 Å². The predicted octanol–water partition coefficient (Wildman–Crippen LogP) is 5.03. The standard InChI is InChI=1S/C26H32ClN7O/c1-17-9-12-34(13-10-17)25(35)20-15-30-26(31-16-20)29-14-18-2-5-21(6-3-18)32-22-7-4-19-8-11-28-24(27)23(19)33-22/h4,7-8,11,15-18,21H,2-3,5-6,9-10,12-14H2,1H3,(H,32,33)(H,29,30,31)/t18-,21-. The molecule has 35 heavy (non-hydrogen) atoms. The van der Waals surface area contributed by atoms with Crippen molar-refractivity contribution in [2.45, 2.75) is 51.5 Å². The van der Waals surface area contributed by atoms with Crippen molar-refractivity contribution in [2.24, 2.45) is 11.8 Å². The molecule has 8 nitrogen and oxygen atoms in total. The first kappa shape index (κ1) is 23.7. The molecule has 184 valence electrons. The zero-order valence-electron chi connectivity index (χ0n) is 20.1. The van der Waals surface area contributed by atoms with E-state index in [9.17, 15) is 4.79 Å². The quantitative estimate of drug-likeness (QED) is 0.465. The van der Waals surface area contributed by atoms with Gasteiger partial charge in [-0.25, -0.2) is 19.9 Å². The van der Waals surface area contributed by atoms with Gasteiger partial charge >= 0.3 is 0 Å². The fourth-order valence-corrected chi connectivity index (χ4v) is 5.18. The molecular formula is C26H32ClN7O. The van der Waals surface area contributed by atoms with Crippen molar-refractivity contribution in [1.29, 1.82) is 0 Å². The molecule has 1 amide bonds. The molecule has 3 aromatic rings. The van der Waals surface area contributed by atoms with Crippen molar-refractivity contribution in [3.8, 4) is 0 Å². The van der Waals surface area contributed by atoms with Gasteiger partial charge in [0, 0.05) is 49.7 Å². The zero-order valence-corrected chi connectivity index (χ0v) is 20.8. The fourth-order valence-electron chi connectivity index (χ4n) is 4.97. The van der Waals surface area contributed by atoms with E-state index < -0.39 is 0 Å². The molecule has 1 aliphatic carbocycles. The summed E-state index contributed by atoms with van der Waals surface area (Å²) in [5.41, 5.74) is 1.30. The van der Waals surface area contributed by atoms with Gasteiger partial charge in [-0.1, -0.05) is 18.5 Å². The molecule has 3 aromatic heterocycles. The van der Waals surface area contributed by atoms with Gasteiger partial charge in [0.2, 0.25) is 5.95 Å². The number of nitrogens with zero attached hydrogens (tertiary/aromatic N) is 5. The maximum atomic E-state index is 12.7. The van der Waals surface area contributed by atoms with Crippen molar-refractivity contribution in [3.63, 3.8) is 0 Å². The largest absolute Gasteiger partial charge is 0.367 e. The summed E-state index contributed by atoms with van der Waals surface area (Å²) >= 11 is 6.20. The van der Waals surface area contributed by atoms with E-state index in [2.05, 4.69) is 37.5 Å². The van der Waals surface area contributed by atoms with Crippen LogP contribution in [0, 0.1) is 11.8 Å². The van der Waals surface area contributed by atoms with E-state index in [4.69, 9.17) is 11.6 Å². The van der Waals surface area contributed by atoms with Crippen LogP contribution in [0.4, 0.5) is 11.8 Å². The minimum Gasteiger partial charge on any atom is -0.367 e. The highest BCUT2D eigenvalue weighted by Crippen LogP contribution is 2.28. The van der Waals surface area contributed by atoms with Crippen LogP contribution >= 0.6 is 11.6 Å². The van der Waals surface area contributed by atoms with Crippen LogP contribution in [-0.4, -0.2) is 56.4 Å². The molecule has 1 saturated carbocycles. The summed E-state index contributed by atoms with van der Waals surface area (Å²) in [6, 6.07) is 6.34. The molecule has 0 unspecified atom stereocenters. The van der Waals surface area contributed by atoms with Crippen molar-refractivity contribution in [2.75, 3.05) is 30.3 Å². The third-order valence-corrected chi connectivity index (χ3v) is 7.56. The summed E-state index contributed by atoms with van der Waals surface area (Å²) in [6.45, 7) is 4.71. The van der Waals surface area contributed by atoms with Crippen molar-refractivity contribution in [1.82, 2.24) is 24.8 Å². The number of amides is 1. The monoisotopic (exact) mass is 493 g/mol. The number of fused-ring (bicyclic) bond motifs is 1. The molecule has 0 radical (unpaired) electrons. The first-order valence-electron chi connectivity index (χ1n) is 12.6. The Bertz CT molecular complexity index is 1160. The molecule has 2 N–H and O–H groups in total. The molecule has 0 spiro atoms. The number of pyridine rings is 2. The van der Waals surface area contributed by atoms with Gasteiger partial charge in [-0.05, 0) is 68.6 Å². The van der Waals surface area contributed by atoms with Crippen LogP contribution in [0.2, 0.25) is 5.15 Å². The first-order chi connectivity index (χ1) is 17.0. The maximum absolute atomic E-state index is 12.7. The number of hydrogen-bond donors (Lipinski definition) is 2. The third kappa shape index (κ3) is 5.81. The van der Waals surface area contributed by atoms with Crippen molar-refractivity contribution < 1.29 is 4.79 Å². The van der Waals surface area contributed by atoms with Crippen molar-refractivity contribution in [3.05, 3.63) is 47.5 Å². The Morgan fingerprint density at radius 2 is 1.77 bits per heavy atom. The predicted molar refractivity (Wildman–Crippen MR) is 139 cm³/mol. The molecule has 2 aliphatic rings. The normalized spacial score (nSPS) is 21.1. The minimum atomic E-state index is 0.0358. The topological polar surface area (TPSA) is 95.9 Å². The summed E-state index contributed by atoms with van der Waals surface area (Å²) in [7, 11) is 0. The van der Waals surface area contributed by atoms with E-state index >= 15 is 0 Å². The van der Waals surface area contributed by atoms with E-state index in [1.54, 1.807) is 18.6 Å². The van der Waals surface area contributed by atoms with Crippen LogP contribution in [0.15, 0.2) is 36.8 Å². The summed E-state index contributed by atoms with van der Waals surface area (Å²) in [4.78, 5) is 32.1. The molecule has 2 fully saturated rings. The lowest BCUT2D eigenvalue weighted by atomic mass is 9.86. The van der Waals surface area contributed by atoms with Crippen LogP contribution in [0.5, 0.6) is 0 Å². The van der Waals surface area contributed by atoms with Crippen LogP contribution < -0.4 is 10.6 Å². The Morgan fingerprint density at radius 3 is 2.51 bits per heavy atom. The molecule has 0 bridgehead atoms. The molecule has 1 saturated heterocycles. The molecular weight excluding hydrogens is 462 g/mol. The van der Waals surface area contributed by atoms with Crippen molar-refractivity contribution >= 4 is 40.2 Å². The number of nitrogens with one attached hydrogen (secondary N) is 2. The molecule has 4 heterocycles. The Morgan fingerprint density at radius 1 is 1.03 bits per heavy atom. The minimum absolute atomic E-state index is 0.0358. The highest BCUT2D eigenvalue weighted by molar-refractivity contribution is 6.33. The van der Waals surface area contributed by atoms with Gasteiger partial charge in [0.1, 0.15) is 11.3 Å². The second-order valence-corrected chi connectivity index (χ2v) is 10.2. The molecule has 5 rings (SSSR count). The van der Waals surface area contributed by atoms with Gasteiger partial charge in [-0.3, -0.25) is 4.79 Å². The van der Waals surface area contributed by atoms with Crippen LogP contribution in [0.25, 0.3) is 10.9 Å². The molecule has 0 atom stereocenters. The Kier molecular flexibility index (Phi) is 7.27. The SMILES string of the molecule is CC1CCN(C(=O)c2cnc(NC[C@H]3CC[C@H](Nc4ccc5ccnc(Cl)c5n4)CC3)nc2)CC1. The molecule has 9 heteroatoms. The number of likely N-dealkylation sites (tertiary alicyclic amines) is 1. The number of hydrogen-bond acceptors (Lipinski definition) is 7. The number of carbonyl (C=O) groups excluding carboxylic acids is 1. The van der Waals surface area contributed by atoms with E-state index in [1.807, 2.05) is 23.1 Å².